The molecule has 0 radical (unpaired) electrons. The minimum atomic E-state index is -0.340. The fraction of sp³-hybridized carbons (Fsp3) is 0.400. The summed E-state index contributed by atoms with van der Waals surface area (Å²) in [5.41, 5.74) is 6.60. The molecule has 2 N–H and O–H groups in total. The van der Waals surface area contributed by atoms with Crippen LogP contribution in [0.3, 0.4) is 0 Å². The smallest absolute Gasteiger partial charge is 0.123 e. The van der Waals surface area contributed by atoms with Crippen LogP contribution in [0, 0.1) is 5.82 Å². The molecule has 1 aromatic rings. The molecule has 0 unspecified atom stereocenters. The molecule has 0 amide bonds. The van der Waals surface area contributed by atoms with Crippen LogP contribution in [0.15, 0.2) is 24.3 Å². The van der Waals surface area contributed by atoms with Gasteiger partial charge in [0.1, 0.15) is 5.82 Å². The largest absolute Gasteiger partial charge is 0.322 e. The molecule has 0 spiro atoms. The molecule has 1 atom stereocenters. The van der Waals surface area contributed by atoms with Crippen LogP contribution in [0.4, 0.5) is 4.39 Å². The number of hydrogen-bond donors (Lipinski definition) is 1. The molecule has 0 fully saturated rings. The van der Waals surface area contributed by atoms with Gasteiger partial charge in [-0.2, -0.15) is 0 Å². The standard InChI is InChI=1S/C10H14FN/c1-3-10(2,12)8-4-6-9(11)7-5-8/h4-7H,3,12H2,1-2H3/t10-/m0/s1. The van der Waals surface area contributed by atoms with E-state index >= 15 is 0 Å². The van der Waals surface area contributed by atoms with Crippen LogP contribution in [0.5, 0.6) is 0 Å². The minimum Gasteiger partial charge on any atom is -0.322 e. The Morgan fingerprint density at radius 2 is 1.83 bits per heavy atom. The van der Waals surface area contributed by atoms with Gasteiger partial charge in [0.25, 0.3) is 0 Å². The third kappa shape index (κ3) is 1.83. The van der Waals surface area contributed by atoms with Gasteiger partial charge in [-0.15, -0.1) is 0 Å². The highest BCUT2D eigenvalue weighted by Crippen LogP contribution is 2.20. The van der Waals surface area contributed by atoms with Crippen molar-refractivity contribution in [3.8, 4) is 0 Å². The summed E-state index contributed by atoms with van der Waals surface area (Å²) in [6, 6.07) is 6.35. The SMILES string of the molecule is CC[C@](C)(N)c1ccc(F)cc1. The van der Waals surface area contributed by atoms with E-state index in [1.807, 2.05) is 13.8 Å². The number of hydrogen-bond acceptors (Lipinski definition) is 1. The molecule has 0 saturated heterocycles. The van der Waals surface area contributed by atoms with E-state index < -0.39 is 0 Å². The zero-order valence-corrected chi connectivity index (χ0v) is 7.47. The van der Waals surface area contributed by atoms with Crippen molar-refractivity contribution in [3.63, 3.8) is 0 Å². The second-order valence-electron chi connectivity index (χ2n) is 3.28. The number of halogens is 1. The number of rotatable bonds is 2. The Hall–Kier alpha value is -0.890. The normalized spacial score (nSPS) is 15.7. The lowest BCUT2D eigenvalue weighted by Gasteiger charge is -2.22. The summed E-state index contributed by atoms with van der Waals surface area (Å²) in [6.07, 6.45) is 0.846. The summed E-state index contributed by atoms with van der Waals surface area (Å²) in [5, 5.41) is 0. The molecule has 2 heteroatoms. The Balaban J connectivity index is 2.96. The Morgan fingerprint density at radius 1 is 1.33 bits per heavy atom. The first-order valence-corrected chi connectivity index (χ1v) is 4.11. The summed E-state index contributed by atoms with van der Waals surface area (Å²) in [6.45, 7) is 3.96. The summed E-state index contributed by atoms with van der Waals surface area (Å²) in [4.78, 5) is 0. The van der Waals surface area contributed by atoms with Gasteiger partial charge in [0, 0.05) is 5.54 Å². The fourth-order valence-electron chi connectivity index (χ4n) is 1.03. The van der Waals surface area contributed by atoms with Crippen molar-refractivity contribution in [2.45, 2.75) is 25.8 Å². The molecular weight excluding hydrogens is 153 g/mol. The highest BCUT2D eigenvalue weighted by atomic mass is 19.1. The van der Waals surface area contributed by atoms with Crippen molar-refractivity contribution in [1.82, 2.24) is 0 Å². The van der Waals surface area contributed by atoms with Gasteiger partial charge in [0.15, 0.2) is 0 Å². The third-order valence-corrected chi connectivity index (χ3v) is 2.24. The van der Waals surface area contributed by atoms with Gasteiger partial charge in [-0.1, -0.05) is 19.1 Å². The molecule has 1 aromatic carbocycles. The second-order valence-corrected chi connectivity index (χ2v) is 3.28. The zero-order chi connectivity index (χ0) is 9.19. The van der Waals surface area contributed by atoms with Crippen LogP contribution in [0.2, 0.25) is 0 Å². The molecule has 66 valence electrons. The van der Waals surface area contributed by atoms with Gasteiger partial charge < -0.3 is 5.73 Å². The topological polar surface area (TPSA) is 26.0 Å². The first kappa shape index (κ1) is 9.20. The maximum atomic E-state index is 12.5. The summed E-state index contributed by atoms with van der Waals surface area (Å²) < 4.78 is 12.5. The van der Waals surface area contributed by atoms with Crippen LogP contribution in [-0.2, 0) is 5.54 Å². The molecule has 12 heavy (non-hydrogen) atoms. The first-order chi connectivity index (χ1) is 5.56. The van der Waals surface area contributed by atoms with Crippen molar-refractivity contribution in [3.05, 3.63) is 35.6 Å². The van der Waals surface area contributed by atoms with Crippen molar-refractivity contribution >= 4 is 0 Å². The maximum Gasteiger partial charge on any atom is 0.123 e. The molecule has 0 aromatic heterocycles. The Labute approximate surface area is 72.4 Å². The van der Waals surface area contributed by atoms with E-state index in [9.17, 15) is 4.39 Å². The lowest BCUT2D eigenvalue weighted by molar-refractivity contribution is 0.475. The summed E-state index contributed by atoms with van der Waals surface area (Å²) in [5.74, 6) is -0.217. The average molecular weight is 167 g/mol. The van der Waals surface area contributed by atoms with Crippen molar-refractivity contribution in [2.24, 2.45) is 5.73 Å². The third-order valence-electron chi connectivity index (χ3n) is 2.24. The highest BCUT2D eigenvalue weighted by molar-refractivity contribution is 5.23. The van der Waals surface area contributed by atoms with Crippen LogP contribution in [0.25, 0.3) is 0 Å². The van der Waals surface area contributed by atoms with Crippen LogP contribution in [-0.4, -0.2) is 0 Å². The number of nitrogens with two attached hydrogens (primary N) is 1. The van der Waals surface area contributed by atoms with Crippen molar-refractivity contribution in [2.75, 3.05) is 0 Å². The zero-order valence-electron chi connectivity index (χ0n) is 7.47. The lowest BCUT2D eigenvalue weighted by Crippen LogP contribution is -2.31. The Bertz CT molecular complexity index is 251. The van der Waals surface area contributed by atoms with Crippen LogP contribution in [0.1, 0.15) is 25.8 Å². The monoisotopic (exact) mass is 167 g/mol. The lowest BCUT2D eigenvalue weighted by atomic mass is 9.91. The quantitative estimate of drug-likeness (QED) is 0.719. The van der Waals surface area contributed by atoms with E-state index in [0.29, 0.717) is 0 Å². The fourth-order valence-corrected chi connectivity index (χ4v) is 1.03. The van der Waals surface area contributed by atoms with E-state index in [-0.39, 0.29) is 11.4 Å². The maximum absolute atomic E-state index is 12.5. The molecule has 0 saturated carbocycles. The molecule has 0 heterocycles. The predicted molar refractivity (Wildman–Crippen MR) is 48.2 cm³/mol. The first-order valence-electron chi connectivity index (χ1n) is 4.11. The molecule has 0 bridgehead atoms. The predicted octanol–water partition coefficient (Wildman–Crippen LogP) is 2.41. The van der Waals surface area contributed by atoms with Crippen LogP contribution >= 0.6 is 0 Å². The minimum absolute atomic E-state index is 0.217. The molecule has 0 aliphatic heterocycles. The van der Waals surface area contributed by atoms with E-state index in [1.54, 1.807) is 12.1 Å². The molecule has 1 rings (SSSR count). The molecular formula is C10H14FN. The Kier molecular flexibility index (Phi) is 2.48. The molecule has 0 aliphatic carbocycles. The van der Waals surface area contributed by atoms with Gasteiger partial charge >= 0.3 is 0 Å². The number of benzene rings is 1. The average Bonchev–Trinajstić information content (AvgIpc) is 2.05. The van der Waals surface area contributed by atoms with Gasteiger partial charge in [0.2, 0.25) is 0 Å². The van der Waals surface area contributed by atoms with E-state index in [1.165, 1.54) is 12.1 Å². The van der Waals surface area contributed by atoms with Gasteiger partial charge in [-0.05, 0) is 31.0 Å². The van der Waals surface area contributed by atoms with Crippen molar-refractivity contribution in [1.29, 1.82) is 0 Å². The van der Waals surface area contributed by atoms with Gasteiger partial charge in [-0.3, -0.25) is 0 Å². The Morgan fingerprint density at radius 3 is 2.25 bits per heavy atom. The summed E-state index contributed by atoms with van der Waals surface area (Å²) >= 11 is 0. The van der Waals surface area contributed by atoms with Gasteiger partial charge in [-0.25, -0.2) is 4.39 Å². The second kappa shape index (κ2) is 3.23. The van der Waals surface area contributed by atoms with E-state index in [0.717, 1.165) is 12.0 Å². The van der Waals surface area contributed by atoms with Gasteiger partial charge in [0.05, 0.1) is 0 Å². The van der Waals surface area contributed by atoms with Crippen LogP contribution < -0.4 is 5.73 Å². The molecule has 0 aliphatic rings. The highest BCUT2D eigenvalue weighted by Gasteiger charge is 2.17. The molecule has 1 nitrogen and oxygen atoms in total. The summed E-state index contributed by atoms with van der Waals surface area (Å²) in [7, 11) is 0. The van der Waals surface area contributed by atoms with E-state index in [2.05, 4.69) is 0 Å². The van der Waals surface area contributed by atoms with E-state index in [4.69, 9.17) is 5.73 Å². The van der Waals surface area contributed by atoms with Crippen molar-refractivity contribution < 1.29 is 4.39 Å².